The van der Waals surface area contributed by atoms with Crippen LogP contribution in [0.25, 0.3) is 0 Å². The molecule has 1 rings (SSSR count). The van der Waals surface area contributed by atoms with Gasteiger partial charge >= 0.3 is 6.09 Å². The number of carbonyl (C=O) groups excluding carboxylic acids is 3. The number of allylic oxidation sites excluding steroid dienone is 1. The molecule has 1 aliphatic heterocycles. The first-order chi connectivity index (χ1) is 13.0. The standard InChI is InChI=1S/C21H37N3O4/c1-15(2)18(26)21(6)14-22-19(27)28-12-10-8-7-9-11-20(5,24-16(3)4)17(25)13-23-21/h8,10,15-16,23-24H,7,9,11-14H2,1-6H3,(H,22,27). The molecule has 0 bridgehead atoms. The highest BCUT2D eigenvalue weighted by Gasteiger charge is 2.38. The molecule has 1 amide bonds. The summed E-state index contributed by atoms with van der Waals surface area (Å²) >= 11 is 0. The van der Waals surface area contributed by atoms with Gasteiger partial charge in [-0.3, -0.25) is 14.9 Å². The fourth-order valence-electron chi connectivity index (χ4n) is 3.46. The van der Waals surface area contributed by atoms with Gasteiger partial charge in [0.1, 0.15) is 6.61 Å². The monoisotopic (exact) mass is 395 g/mol. The van der Waals surface area contributed by atoms with Gasteiger partial charge in [0.15, 0.2) is 11.6 Å². The van der Waals surface area contributed by atoms with E-state index in [2.05, 4.69) is 16.0 Å². The molecule has 160 valence electrons. The number of amides is 1. The van der Waals surface area contributed by atoms with E-state index in [0.29, 0.717) is 6.42 Å². The molecule has 1 aliphatic rings. The van der Waals surface area contributed by atoms with E-state index in [4.69, 9.17) is 4.74 Å². The van der Waals surface area contributed by atoms with Gasteiger partial charge in [-0.25, -0.2) is 4.79 Å². The van der Waals surface area contributed by atoms with E-state index >= 15 is 0 Å². The second-order valence-electron chi connectivity index (χ2n) is 8.57. The lowest BCUT2D eigenvalue weighted by molar-refractivity contribution is -0.129. The number of ketones is 2. The Bertz CT molecular complexity index is 588. The van der Waals surface area contributed by atoms with Crippen molar-refractivity contribution in [2.45, 2.75) is 77.9 Å². The van der Waals surface area contributed by atoms with E-state index in [1.807, 2.05) is 26.8 Å². The van der Waals surface area contributed by atoms with E-state index in [1.54, 1.807) is 26.8 Å². The van der Waals surface area contributed by atoms with Crippen LogP contribution in [0.4, 0.5) is 4.79 Å². The highest BCUT2D eigenvalue weighted by molar-refractivity contribution is 5.93. The maximum Gasteiger partial charge on any atom is 0.407 e. The average molecular weight is 396 g/mol. The van der Waals surface area contributed by atoms with Crippen molar-refractivity contribution in [1.82, 2.24) is 16.0 Å². The van der Waals surface area contributed by atoms with Crippen LogP contribution in [0.5, 0.6) is 0 Å². The van der Waals surface area contributed by atoms with Gasteiger partial charge in [-0.1, -0.05) is 26.0 Å². The number of alkyl carbamates (subject to hydrolysis) is 1. The van der Waals surface area contributed by atoms with Crippen LogP contribution >= 0.6 is 0 Å². The van der Waals surface area contributed by atoms with Crippen LogP contribution in [0.1, 0.15) is 60.8 Å². The highest BCUT2D eigenvalue weighted by Crippen LogP contribution is 2.18. The minimum absolute atomic E-state index is 0.00501. The SMILES string of the molecule is CC(C)NC1(C)CCCC=CCOC(=O)NCC(C)(C(=O)C(C)C)NCC1=O. The number of hydrogen-bond acceptors (Lipinski definition) is 6. The van der Waals surface area contributed by atoms with Gasteiger partial charge in [0.25, 0.3) is 0 Å². The van der Waals surface area contributed by atoms with Crippen molar-refractivity contribution in [3.05, 3.63) is 12.2 Å². The summed E-state index contributed by atoms with van der Waals surface area (Å²) in [7, 11) is 0. The van der Waals surface area contributed by atoms with Crippen LogP contribution in [0.3, 0.4) is 0 Å². The lowest BCUT2D eigenvalue weighted by Gasteiger charge is -2.35. The third-order valence-corrected chi connectivity index (χ3v) is 5.04. The molecule has 0 radical (unpaired) electrons. The van der Waals surface area contributed by atoms with E-state index in [-0.39, 0.29) is 43.2 Å². The molecule has 0 saturated carbocycles. The smallest absolute Gasteiger partial charge is 0.407 e. The summed E-state index contributed by atoms with van der Waals surface area (Å²) in [6, 6.07) is 0.156. The van der Waals surface area contributed by atoms with E-state index in [9.17, 15) is 14.4 Å². The summed E-state index contributed by atoms with van der Waals surface area (Å²) in [4.78, 5) is 37.8. The molecule has 7 heteroatoms. The Balaban J connectivity index is 3.08. The number of Topliss-reactive ketones (excluding diaryl/α,β-unsaturated/α-hetero) is 2. The first-order valence-corrected chi connectivity index (χ1v) is 10.2. The summed E-state index contributed by atoms with van der Waals surface area (Å²) in [6.45, 7) is 11.5. The Morgan fingerprint density at radius 1 is 1.18 bits per heavy atom. The fourth-order valence-corrected chi connectivity index (χ4v) is 3.46. The summed E-state index contributed by atoms with van der Waals surface area (Å²) in [5, 5.41) is 9.16. The Morgan fingerprint density at radius 2 is 1.86 bits per heavy atom. The maximum atomic E-state index is 13.1. The normalized spacial score (nSPS) is 28.4. The van der Waals surface area contributed by atoms with Crippen LogP contribution in [0.2, 0.25) is 0 Å². The fraction of sp³-hybridized carbons (Fsp3) is 0.762. The third-order valence-electron chi connectivity index (χ3n) is 5.04. The minimum atomic E-state index is -1.06. The number of hydrogen-bond donors (Lipinski definition) is 3. The number of nitrogens with one attached hydrogen (secondary N) is 3. The second-order valence-corrected chi connectivity index (χ2v) is 8.57. The molecule has 7 nitrogen and oxygen atoms in total. The minimum Gasteiger partial charge on any atom is -0.445 e. The van der Waals surface area contributed by atoms with Crippen LogP contribution in [0, 0.1) is 5.92 Å². The molecular weight excluding hydrogens is 358 g/mol. The quantitative estimate of drug-likeness (QED) is 0.633. The van der Waals surface area contributed by atoms with Crippen molar-refractivity contribution in [1.29, 1.82) is 0 Å². The van der Waals surface area contributed by atoms with Crippen molar-refractivity contribution >= 4 is 17.7 Å². The van der Waals surface area contributed by atoms with Crippen LogP contribution in [-0.4, -0.2) is 54.5 Å². The number of cyclic esters (lactones) is 1. The van der Waals surface area contributed by atoms with E-state index in [1.165, 1.54) is 0 Å². The zero-order valence-corrected chi connectivity index (χ0v) is 18.2. The predicted molar refractivity (Wildman–Crippen MR) is 110 cm³/mol. The number of ether oxygens (including phenoxy) is 1. The van der Waals surface area contributed by atoms with Crippen LogP contribution < -0.4 is 16.0 Å². The summed E-state index contributed by atoms with van der Waals surface area (Å²) in [6.07, 6.45) is 5.48. The summed E-state index contributed by atoms with van der Waals surface area (Å²) in [5.74, 6) is -0.302. The average Bonchev–Trinajstić information content (AvgIpc) is 2.61. The van der Waals surface area contributed by atoms with Crippen molar-refractivity contribution in [3.63, 3.8) is 0 Å². The zero-order chi connectivity index (χ0) is 21.4. The lowest BCUT2D eigenvalue weighted by atomic mass is 9.86. The Kier molecular flexibility index (Phi) is 9.30. The Hall–Kier alpha value is -1.73. The molecule has 0 aliphatic carbocycles. The highest BCUT2D eigenvalue weighted by atomic mass is 16.5. The van der Waals surface area contributed by atoms with Gasteiger partial charge in [0, 0.05) is 18.5 Å². The van der Waals surface area contributed by atoms with Crippen LogP contribution in [0.15, 0.2) is 12.2 Å². The second kappa shape index (κ2) is 10.7. The van der Waals surface area contributed by atoms with Crippen LogP contribution in [-0.2, 0) is 14.3 Å². The molecule has 28 heavy (non-hydrogen) atoms. The third kappa shape index (κ3) is 7.36. The number of rotatable bonds is 4. The number of carbonyl (C=O) groups is 3. The van der Waals surface area contributed by atoms with Gasteiger partial charge in [-0.15, -0.1) is 0 Å². The molecule has 1 heterocycles. The molecule has 0 aromatic heterocycles. The maximum absolute atomic E-state index is 13.1. The van der Waals surface area contributed by atoms with Gasteiger partial charge < -0.3 is 15.4 Å². The van der Waals surface area contributed by atoms with Crippen molar-refractivity contribution in [2.24, 2.45) is 5.92 Å². The largest absolute Gasteiger partial charge is 0.445 e. The molecule has 0 saturated heterocycles. The predicted octanol–water partition coefficient (Wildman–Crippen LogP) is 2.35. The Morgan fingerprint density at radius 3 is 2.46 bits per heavy atom. The molecule has 2 atom stereocenters. The zero-order valence-electron chi connectivity index (χ0n) is 18.2. The van der Waals surface area contributed by atoms with Gasteiger partial charge in [-0.2, -0.15) is 0 Å². The first kappa shape index (κ1) is 24.3. The van der Waals surface area contributed by atoms with E-state index in [0.717, 1.165) is 12.8 Å². The molecule has 3 N–H and O–H groups in total. The van der Waals surface area contributed by atoms with Gasteiger partial charge in [0.05, 0.1) is 17.6 Å². The van der Waals surface area contributed by atoms with Crippen molar-refractivity contribution in [3.8, 4) is 0 Å². The van der Waals surface area contributed by atoms with E-state index < -0.39 is 17.2 Å². The molecule has 0 spiro atoms. The molecule has 0 aromatic carbocycles. The molecular formula is C21H37N3O4. The van der Waals surface area contributed by atoms with Gasteiger partial charge in [0.2, 0.25) is 0 Å². The van der Waals surface area contributed by atoms with Crippen molar-refractivity contribution < 1.29 is 19.1 Å². The molecule has 0 fully saturated rings. The Labute approximate surface area is 169 Å². The molecule has 0 aromatic rings. The summed E-state index contributed by atoms with van der Waals surface area (Å²) in [5.41, 5.74) is -1.74. The topological polar surface area (TPSA) is 96.5 Å². The summed E-state index contributed by atoms with van der Waals surface area (Å²) < 4.78 is 5.11. The van der Waals surface area contributed by atoms with Gasteiger partial charge in [-0.05, 0) is 47.0 Å². The molecule has 2 unspecified atom stereocenters. The van der Waals surface area contributed by atoms with Crippen molar-refractivity contribution in [2.75, 3.05) is 19.7 Å². The first-order valence-electron chi connectivity index (χ1n) is 10.2. The lowest BCUT2D eigenvalue weighted by Crippen LogP contribution is -2.62.